The van der Waals surface area contributed by atoms with Crippen LogP contribution in [0.3, 0.4) is 0 Å². The molecule has 0 aliphatic heterocycles. The molecule has 26 heavy (non-hydrogen) atoms. The summed E-state index contributed by atoms with van der Waals surface area (Å²) in [6.45, 7) is 7.12. The quantitative estimate of drug-likeness (QED) is 0.497. The number of aryl methyl sites for hydroxylation is 1. The highest BCUT2D eigenvalue weighted by Crippen LogP contribution is 2.10. The summed E-state index contributed by atoms with van der Waals surface area (Å²) < 4.78 is 2.06. The molecule has 2 aromatic heterocycles. The first-order chi connectivity index (χ1) is 12.7. The van der Waals surface area contributed by atoms with Crippen LogP contribution in [-0.4, -0.2) is 27.0 Å². The first-order valence-electron chi connectivity index (χ1n) is 8.70. The summed E-state index contributed by atoms with van der Waals surface area (Å²) >= 11 is 1.70. The van der Waals surface area contributed by atoms with Gasteiger partial charge in [-0.3, -0.25) is 0 Å². The molecule has 3 rings (SSSR count). The highest BCUT2D eigenvalue weighted by Gasteiger charge is 2.02. The van der Waals surface area contributed by atoms with Gasteiger partial charge in [-0.1, -0.05) is 24.3 Å². The predicted molar refractivity (Wildman–Crippen MR) is 106 cm³/mol. The molecule has 0 amide bonds. The Morgan fingerprint density at radius 3 is 2.65 bits per heavy atom. The zero-order valence-electron chi connectivity index (χ0n) is 15.1. The van der Waals surface area contributed by atoms with Crippen LogP contribution in [0.1, 0.15) is 27.9 Å². The highest BCUT2D eigenvalue weighted by atomic mass is 32.1. The topological polar surface area (TPSA) is 67.1 Å². The van der Waals surface area contributed by atoms with Crippen LogP contribution >= 0.6 is 11.3 Å². The summed E-state index contributed by atoms with van der Waals surface area (Å²) in [7, 11) is 0. The van der Waals surface area contributed by atoms with Gasteiger partial charge in [0.25, 0.3) is 0 Å². The Kier molecular flexibility index (Phi) is 6.38. The Hall–Kier alpha value is -2.67. The molecular formula is C19H24N6S. The van der Waals surface area contributed by atoms with E-state index in [2.05, 4.69) is 68.3 Å². The fraction of sp³-hybridized carbons (Fsp3) is 0.316. The van der Waals surface area contributed by atoms with E-state index in [4.69, 9.17) is 0 Å². The van der Waals surface area contributed by atoms with Crippen LogP contribution in [-0.2, 0) is 19.6 Å². The number of nitrogens with zero attached hydrogens (tertiary/aromatic N) is 4. The largest absolute Gasteiger partial charge is 0.357 e. The molecule has 0 fully saturated rings. The zero-order valence-corrected chi connectivity index (χ0v) is 16.0. The lowest BCUT2D eigenvalue weighted by Crippen LogP contribution is -2.36. The number of aromatic nitrogens is 3. The van der Waals surface area contributed by atoms with Gasteiger partial charge in [0, 0.05) is 36.6 Å². The molecule has 0 radical (unpaired) electrons. The van der Waals surface area contributed by atoms with Crippen LogP contribution in [0.5, 0.6) is 0 Å². The number of aliphatic imine (C=N–C) groups is 1. The minimum atomic E-state index is 0.636. The van der Waals surface area contributed by atoms with Crippen molar-refractivity contribution in [2.45, 2.75) is 33.5 Å². The molecule has 0 spiro atoms. The lowest BCUT2D eigenvalue weighted by atomic mass is 10.1. The molecule has 1 aromatic carbocycles. The summed E-state index contributed by atoms with van der Waals surface area (Å²) in [5.74, 6) is 0.808. The number of imidazole rings is 1. The molecule has 7 heteroatoms. The Labute approximate surface area is 158 Å². The van der Waals surface area contributed by atoms with Gasteiger partial charge >= 0.3 is 0 Å². The van der Waals surface area contributed by atoms with Crippen LogP contribution in [0.2, 0.25) is 0 Å². The number of thiazole rings is 1. The zero-order chi connectivity index (χ0) is 18.2. The van der Waals surface area contributed by atoms with Gasteiger partial charge in [0.2, 0.25) is 0 Å². The van der Waals surface area contributed by atoms with E-state index in [0.717, 1.165) is 24.1 Å². The van der Waals surface area contributed by atoms with Crippen molar-refractivity contribution in [2.24, 2.45) is 4.99 Å². The van der Waals surface area contributed by atoms with Gasteiger partial charge in [-0.2, -0.15) is 0 Å². The second kappa shape index (κ2) is 9.15. The summed E-state index contributed by atoms with van der Waals surface area (Å²) in [4.78, 5) is 14.3. The van der Waals surface area contributed by atoms with Crippen molar-refractivity contribution in [3.63, 3.8) is 0 Å². The van der Waals surface area contributed by atoms with E-state index in [1.807, 2.05) is 18.7 Å². The SMILES string of the molecule is CCNC(=NCc1ccc(Cn2ccnc2)cc1)NCc1ncc(C)s1. The third-order valence-corrected chi connectivity index (χ3v) is 4.70. The molecule has 0 aliphatic carbocycles. The van der Waals surface area contributed by atoms with Crippen LogP contribution in [0.25, 0.3) is 0 Å². The number of guanidine groups is 1. The molecule has 2 N–H and O–H groups in total. The molecule has 0 saturated carbocycles. The average molecular weight is 369 g/mol. The van der Waals surface area contributed by atoms with E-state index >= 15 is 0 Å². The van der Waals surface area contributed by atoms with Gasteiger partial charge in [-0.25, -0.2) is 15.0 Å². The van der Waals surface area contributed by atoms with Crippen molar-refractivity contribution in [1.82, 2.24) is 25.2 Å². The van der Waals surface area contributed by atoms with Crippen molar-refractivity contribution < 1.29 is 0 Å². The van der Waals surface area contributed by atoms with Gasteiger partial charge in [-0.05, 0) is 25.0 Å². The van der Waals surface area contributed by atoms with E-state index in [1.54, 1.807) is 17.5 Å². The average Bonchev–Trinajstić information content (AvgIpc) is 3.30. The van der Waals surface area contributed by atoms with Crippen LogP contribution < -0.4 is 10.6 Å². The van der Waals surface area contributed by atoms with Crippen molar-refractivity contribution >= 4 is 17.3 Å². The van der Waals surface area contributed by atoms with Gasteiger partial charge in [0.15, 0.2) is 5.96 Å². The monoisotopic (exact) mass is 368 g/mol. The number of benzene rings is 1. The fourth-order valence-electron chi connectivity index (χ4n) is 2.50. The molecule has 0 atom stereocenters. The maximum atomic E-state index is 4.67. The minimum Gasteiger partial charge on any atom is -0.357 e. The van der Waals surface area contributed by atoms with Crippen LogP contribution in [0.15, 0.2) is 54.2 Å². The molecule has 136 valence electrons. The van der Waals surface area contributed by atoms with E-state index in [0.29, 0.717) is 13.1 Å². The second-order valence-corrected chi connectivity index (χ2v) is 7.28. The standard InChI is InChI=1S/C19H24N6S/c1-3-21-19(24-12-18-22-10-15(2)26-18)23-11-16-4-6-17(7-5-16)13-25-9-8-20-14-25/h4-10,14H,3,11-13H2,1-2H3,(H2,21,23,24). The first-order valence-corrected chi connectivity index (χ1v) is 9.51. The van der Waals surface area contributed by atoms with Crippen molar-refractivity contribution in [3.05, 3.63) is 70.2 Å². The van der Waals surface area contributed by atoms with Crippen molar-refractivity contribution in [3.8, 4) is 0 Å². The van der Waals surface area contributed by atoms with Gasteiger partial charge < -0.3 is 15.2 Å². The highest BCUT2D eigenvalue weighted by molar-refractivity contribution is 7.11. The third kappa shape index (κ3) is 5.42. The molecule has 0 saturated heterocycles. The minimum absolute atomic E-state index is 0.636. The normalized spacial score (nSPS) is 11.5. The number of hydrogen-bond donors (Lipinski definition) is 2. The van der Waals surface area contributed by atoms with E-state index in [-0.39, 0.29) is 0 Å². The number of nitrogens with one attached hydrogen (secondary N) is 2. The van der Waals surface area contributed by atoms with Gasteiger partial charge in [0.05, 0.1) is 19.4 Å². The van der Waals surface area contributed by atoms with E-state index in [1.165, 1.54) is 16.0 Å². The molecule has 0 bridgehead atoms. The molecule has 6 nitrogen and oxygen atoms in total. The van der Waals surface area contributed by atoms with Crippen LogP contribution in [0, 0.1) is 6.92 Å². The first kappa shape index (κ1) is 18.1. The third-order valence-electron chi connectivity index (χ3n) is 3.79. The number of rotatable bonds is 7. The lowest BCUT2D eigenvalue weighted by molar-refractivity contribution is 0.795. The van der Waals surface area contributed by atoms with E-state index < -0.39 is 0 Å². The molecular weight excluding hydrogens is 344 g/mol. The maximum absolute atomic E-state index is 4.67. The van der Waals surface area contributed by atoms with Gasteiger partial charge in [-0.15, -0.1) is 11.3 Å². The van der Waals surface area contributed by atoms with Gasteiger partial charge in [0.1, 0.15) is 5.01 Å². The Morgan fingerprint density at radius 2 is 2.00 bits per heavy atom. The Bertz CT molecular complexity index is 820. The van der Waals surface area contributed by atoms with E-state index in [9.17, 15) is 0 Å². The molecule has 2 heterocycles. The molecule has 0 unspecified atom stereocenters. The second-order valence-electron chi connectivity index (χ2n) is 5.96. The van der Waals surface area contributed by atoms with Crippen LogP contribution in [0.4, 0.5) is 0 Å². The fourth-order valence-corrected chi connectivity index (χ4v) is 3.22. The summed E-state index contributed by atoms with van der Waals surface area (Å²) in [5, 5.41) is 7.68. The summed E-state index contributed by atoms with van der Waals surface area (Å²) in [6.07, 6.45) is 7.50. The lowest BCUT2D eigenvalue weighted by Gasteiger charge is -2.10. The smallest absolute Gasteiger partial charge is 0.191 e. The molecule has 3 aromatic rings. The summed E-state index contributed by atoms with van der Waals surface area (Å²) in [6, 6.07) is 8.54. The van der Waals surface area contributed by atoms with Crippen molar-refractivity contribution in [1.29, 1.82) is 0 Å². The summed E-state index contributed by atoms with van der Waals surface area (Å²) in [5.41, 5.74) is 2.43. The predicted octanol–water partition coefficient (Wildman–Crippen LogP) is 2.95. The Balaban J connectivity index is 1.56. The number of hydrogen-bond acceptors (Lipinski definition) is 4. The Morgan fingerprint density at radius 1 is 1.19 bits per heavy atom. The van der Waals surface area contributed by atoms with Crippen molar-refractivity contribution in [2.75, 3.05) is 6.54 Å². The maximum Gasteiger partial charge on any atom is 0.191 e. The molecule has 0 aliphatic rings.